The van der Waals surface area contributed by atoms with Gasteiger partial charge < -0.3 is 4.74 Å². The lowest BCUT2D eigenvalue weighted by Gasteiger charge is -2.39. The van der Waals surface area contributed by atoms with Gasteiger partial charge in [0.15, 0.2) is 0 Å². The normalized spacial score (nSPS) is 30.9. The number of carbonyl (C=O) groups excluding carboxylic acids is 2. The molecule has 2 aliphatic rings. The summed E-state index contributed by atoms with van der Waals surface area (Å²) < 4.78 is 5.41. The third kappa shape index (κ3) is 2.26. The van der Waals surface area contributed by atoms with E-state index in [0.717, 1.165) is 25.7 Å². The first kappa shape index (κ1) is 13.3. The zero-order valence-electron chi connectivity index (χ0n) is 11.6. The van der Waals surface area contributed by atoms with E-state index >= 15 is 0 Å². The number of hydrogen-bond acceptors (Lipinski definition) is 3. The van der Waals surface area contributed by atoms with E-state index in [1.54, 1.807) is 0 Å². The molecule has 1 aliphatic heterocycles. The summed E-state index contributed by atoms with van der Waals surface area (Å²) >= 11 is 0. The van der Waals surface area contributed by atoms with E-state index in [1.165, 1.54) is 5.56 Å². The Morgan fingerprint density at radius 1 is 1.10 bits per heavy atom. The van der Waals surface area contributed by atoms with Gasteiger partial charge >= 0.3 is 5.97 Å². The highest BCUT2D eigenvalue weighted by molar-refractivity contribution is 5.89. The van der Waals surface area contributed by atoms with Gasteiger partial charge in [-0.2, -0.15) is 0 Å². The van der Waals surface area contributed by atoms with E-state index in [4.69, 9.17) is 4.74 Å². The molecule has 106 valence electrons. The van der Waals surface area contributed by atoms with Gasteiger partial charge in [0.2, 0.25) is 0 Å². The summed E-state index contributed by atoms with van der Waals surface area (Å²) in [6.07, 6.45) is 4.33. The number of Topliss-reactive ketones (excluding diaryl/α,β-unsaturated/α-hetero) is 1. The lowest BCUT2D eigenvalue weighted by Crippen LogP contribution is -2.42. The monoisotopic (exact) mass is 272 g/mol. The molecule has 1 aromatic rings. The molecule has 1 spiro atoms. The summed E-state index contributed by atoms with van der Waals surface area (Å²) in [6, 6.07) is 10.1. The van der Waals surface area contributed by atoms with Crippen LogP contribution in [0, 0.1) is 5.41 Å². The third-order valence-electron chi connectivity index (χ3n) is 4.74. The molecular formula is C17H20O3. The molecule has 0 amide bonds. The van der Waals surface area contributed by atoms with Crippen molar-refractivity contribution >= 4 is 11.8 Å². The molecule has 2 atom stereocenters. The van der Waals surface area contributed by atoms with Crippen LogP contribution < -0.4 is 0 Å². The molecule has 1 heterocycles. The van der Waals surface area contributed by atoms with Crippen LogP contribution in [0.5, 0.6) is 0 Å². The van der Waals surface area contributed by atoms with Crippen molar-refractivity contribution < 1.29 is 14.3 Å². The first-order valence-corrected chi connectivity index (χ1v) is 7.46. The summed E-state index contributed by atoms with van der Waals surface area (Å²) in [5, 5.41) is 0. The van der Waals surface area contributed by atoms with Crippen LogP contribution in [0.2, 0.25) is 0 Å². The standard InChI is InChI=1S/C17H20O3/c18-14-8-4-10-17(12-14)15(9-5-11-20-16(17)19)13-6-2-1-3-7-13/h1-3,6-7,15H,4-5,8-12H2. The van der Waals surface area contributed by atoms with E-state index in [-0.39, 0.29) is 17.7 Å². The quantitative estimate of drug-likeness (QED) is 0.737. The molecule has 3 rings (SSSR count). The molecule has 2 fully saturated rings. The molecular weight excluding hydrogens is 252 g/mol. The first-order valence-electron chi connectivity index (χ1n) is 7.46. The summed E-state index contributed by atoms with van der Waals surface area (Å²) in [5.41, 5.74) is 0.550. The predicted octanol–water partition coefficient (Wildman–Crippen LogP) is 3.24. The highest BCUT2D eigenvalue weighted by atomic mass is 16.5. The van der Waals surface area contributed by atoms with Gasteiger partial charge in [-0.05, 0) is 31.2 Å². The molecule has 3 nitrogen and oxygen atoms in total. The summed E-state index contributed by atoms with van der Waals surface area (Å²) in [6.45, 7) is 0.484. The highest BCUT2D eigenvalue weighted by Gasteiger charge is 2.50. The second kappa shape index (κ2) is 5.39. The number of ether oxygens (including phenoxy) is 1. The van der Waals surface area contributed by atoms with Crippen molar-refractivity contribution in [2.75, 3.05) is 6.61 Å². The fourth-order valence-electron chi connectivity index (χ4n) is 3.79. The van der Waals surface area contributed by atoms with Gasteiger partial charge in [-0.25, -0.2) is 0 Å². The van der Waals surface area contributed by atoms with Gasteiger partial charge in [-0.1, -0.05) is 30.3 Å². The minimum absolute atomic E-state index is 0.114. The second-order valence-corrected chi connectivity index (χ2v) is 5.97. The second-order valence-electron chi connectivity index (χ2n) is 5.97. The summed E-state index contributed by atoms with van der Waals surface area (Å²) in [5.74, 6) is 0.163. The van der Waals surface area contributed by atoms with Crippen molar-refractivity contribution in [3.8, 4) is 0 Å². The zero-order chi connectivity index (χ0) is 14.0. The van der Waals surface area contributed by atoms with E-state index < -0.39 is 5.41 Å². The number of benzene rings is 1. The highest BCUT2D eigenvalue weighted by Crippen LogP contribution is 2.50. The van der Waals surface area contributed by atoms with Gasteiger partial charge in [-0.3, -0.25) is 9.59 Å². The molecule has 0 N–H and O–H groups in total. The number of esters is 1. The number of ketones is 1. The number of cyclic esters (lactones) is 1. The average Bonchev–Trinajstić information content (AvgIpc) is 2.61. The summed E-state index contributed by atoms with van der Waals surface area (Å²) in [7, 11) is 0. The molecule has 0 aromatic heterocycles. The molecule has 3 heteroatoms. The van der Waals surface area contributed by atoms with Crippen LogP contribution in [0.25, 0.3) is 0 Å². The largest absolute Gasteiger partial charge is 0.465 e. The topological polar surface area (TPSA) is 43.4 Å². The van der Waals surface area contributed by atoms with Crippen molar-refractivity contribution in [2.45, 2.75) is 44.4 Å². The smallest absolute Gasteiger partial charge is 0.313 e. The maximum absolute atomic E-state index is 12.5. The van der Waals surface area contributed by atoms with Gasteiger partial charge in [0.05, 0.1) is 12.0 Å². The summed E-state index contributed by atoms with van der Waals surface area (Å²) in [4.78, 5) is 24.5. The lowest BCUT2D eigenvalue weighted by atomic mass is 9.62. The van der Waals surface area contributed by atoms with Gasteiger partial charge in [0.25, 0.3) is 0 Å². The maximum atomic E-state index is 12.5. The van der Waals surface area contributed by atoms with Crippen LogP contribution in [0.15, 0.2) is 30.3 Å². The molecule has 20 heavy (non-hydrogen) atoms. The van der Waals surface area contributed by atoms with Gasteiger partial charge in [0.1, 0.15) is 5.78 Å². The molecule has 2 unspecified atom stereocenters. The van der Waals surface area contributed by atoms with E-state index in [2.05, 4.69) is 12.1 Å². The van der Waals surface area contributed by atoms with E-state index in [1.807, 2.05) is 18.2 Å². The molecule has 1 aliphatic carbocycles. The lowest BCUT2D eigenvalue weighted by molar-refractivity contribution is -0.160. The first-order chi connectivity index (χ1) is 9.72. The van der Waals surface area contributed by atoms with Crippen LogP contribution in [0.4, 0.5) is 0 Å². The van der Waals surface area contributed by atoms with Crippen LogP contribution in [0.3, 0.4) is 0 Å². The predicted molar refractivity (Wildman–Crippen MR) is 75.3 cm³/mol. The number of rotatable bonds is 1. The fourth-order valence-corrected chi connectivity index (χ4v) is 3.79. The fraction of sp³-hybridized carbons (Fsp3) is 0.529. The van der Waals surface area contributed by atoms with E-state index in [9.17, 15) is 9.59 Å². The zero-order valence-corrected chi connectivity index (χ0v) is 11.6. The van der Waals surface area contributed by atoms with Crippen LogP contribution >= 0.6 is 0 Å². The Balaban J connectivity index is 2.03. The molecule has 0 bridgehead atoms. The Hall–Kier alpha value is -1.64. The average molecular weight is 272 g/mol. The Kier molecular flexibility index (Phi) is 3.60. The number of carbonyl (C=O) groups is 2. The molecule has 1 saturated carbocycles. The molecule has 1 aromatic carbocycles. The number of hydrogen-bond donors (Lipinski definition) is 0. The Bertz CT molecular complexity index is 508. The minimum Gasteiger partial charge on any atom is -0.465 e. The molecule has 1 saturated heterocycles. The Morgan fingerprint density at radius 3 is 2.65 bits per heavy atom. The van der Waals surface area contributed by atoms with Gasteiger partial charge in [-0.15, -0.1) is 0 Å². The van der Waals surface area contributed by atoms with Crippen LogP contribution in [-0.4, -0.2) is 18.4 Å². The van der Waals surface area contributed by atoms with Crippen molar-refractivity contribution in [3.63, 3.8) is 0 Å². The van der Waals surface area contributed by atoms with Crippen molar-refractivity contribution in [3.05, 3.63) is 35.9 Å². The molecule has 0 radical (unpaired) electrons. The van der Waals surface area contributed by atoms with Crippen molar-refractivity contribution in [2.24, 2.45) is 5.41 Å². The maximum Gasteiger partial charge on any atom is 0.313 e. The van der Waals surface area contributed by atoms with Crippen LogP contribution in [0.1, 0.15) is 50.0 Å². The van der Waals surface area contributed by atoms with Crippen molar-refractivity contribution in [1.29, 1.82) is 0 Å². The van der Waals surface area contributed by atoms with Crippen molar-refractivity contribution in [1.82, 2.24) is 0 Å². The Morgan fingerprint density at radius 2 is 1.90 bits per heavy atom. The third-order valence-corrected chi connectivity index (χ3v) is 4.74. The van der Waals surface area contributed by atoms with E-state index in [0.29, 0.717) is 19.4 Å². The SMILES string of the molecule is O=C1CCCC2(C1)C(=O)OCCCC2c1ccccc1. The minimum atomic E-state index is -0.618. The van der Waals surface area contributed by atoms with Gasteiger partial charge in [0, 0.05) is 18.8 Å². The Labute approximate surface area is 119 Å². The van der Waals surface area contributed by atoms with Crippen LogP contribution in [-0.2, 0) is 14.3 Å².